The first-order valence-corrected chi connectivity index (χ1v) is 8.59. The number of rotatable bonds is 1. The van der Waals surface area contributed by atoms with Gasteiger partial charge in [0, 0.05) is 25.0 Å². The van der Waals surface area contributed by atoms with Gasteiger partial charge in [-0.3, -0.25) is 4.79 Å². The number of amides is 1. The molecule has 2 bridgehead atoms. The molecule has 4 atom stereocenters. The first kappa shape index (κ1) is 17.1. The van der Waals surface area contributed by atoms with Gasteiger partial charge < -0.3 is 10.6 Å². The van der Waals surface area contributed by atoms with Crippen molar-refractivity contribution < 1.29 is 4.79 Å². The Bertz CT molecular complexity index is 352. The molecule has 4 heteroatoms. The Balaban J connectivity index is 0.00000161. The van der Waals surface area contributed by atoms with E-state index in [0.717, 1.165) is 25.9 Å². The van der Waals surface area contributed by atoms with Gasteiger partial charge in [0.05, 0.1) is 0 Å². The van der Waals surface area contributed by atoms with E-state index in [1.165, 1.54) is 25.7 Å². The Morgan fingerprint density at radius 2 is 1.52 bits per heavy atom. The maximum absolute atomic E-state index is 12.9. The Labute approximate surface area is 135 Å². The molecule has 0 spiro atoms. The minimum absolute atomic E-state index is 0. The topological polar surface area (TPSA) is 46.3 Å². The van der Waals surface area contributed by atoms with Crippen molar-refractivity contribution >= 4 is 18.3 Å². The molecule has 21 heavy (non-hydrogen) atoms. The zero-order valence-corrected chi connectivity index (χ0v) is 14.3. The third-order valence-corrected chi connectivity index (χ3v) is 5.94. The van der Waals surface area contributed by atoms with Crippen LogP contribution in [0.15, 0.2) is 0 Å². The van der Waals surface area contributed by atoms with Crippen molar-refractivity contribution in [1.82, 2.24) is 4.90 Å². The number of hydrogen-bond acceptors (Lipinski definition) is 2. The van der Waals surface area contributed by atoms with E-state index in [4.69, 9.17) is 5.73 Å². The zero-order valence-electron chi connectivity index (χ0n) is 13.5. The summed E-state index contributed by atoms with van der Waals surface area (Å²) in [4.78, 5) is 15.0. The predicted octanol–water partition coefficient (Wildman–Crippen LogP) is 3.07. The summed E-state index contributed by atoms with van der Waals surface area (Å²) >= 11 is 0. The number of hydrogen-bond donors (Lipinski definition) is 1. The molecule has 2 aliphatic carbocycles. The Kier molecular flexibility index (Phi) is 5.59. The van der Waals surface area contributed by atoms with Crippen molar-refractivity contribution in [2.45, 2.75) is 58.4 Å². The molecule has 1 heterocycles. The number of likely N-dealkylation sites (tertiary alicyclic amines) is 1. The standard InChI is InChI=1S/C17H30N2O.ClH/c1-11-6-12(2)10-19(9-11)17(20)15-7-13-4-3-5-14(8-15)16(13)18;/h11-16H,3-10,18H2,1-2H3;1H. The second-order valence-corrected chi connectivity index (χ2v) is 7.89. The SMILES string of the molecule is CC1CC(C)CN(C(=O)C2CC3CCCC(C2)C3N)C1.Cl. The van der Waals surface area contributed by atoms with Crippen LogP contribution in [-0.2, 0) is 4.79 Å². The van der Waals surface area contributed by atoms with Crippen LogP contribution in [0.3, 0.4) is 0 Å². The van der Waals surface area contributed by atoms with Gasteiger partial charge in [-0.05, 0) is 55.8 Å². The van der Waals surface area contributed by atoms with Crippen molar-refractivity contribution in [3.05, 3.63) is 0 Å². The van der Waals surface area contributed by atoms with Crippen LogP contribution in [0.2, 0.25) is 0 Å². The van der Waals surface area contributed by atoms with Crippen LogP contribution in [0.25, 0.3) is 0 Å². The molecular formula is C17H31ClN2O. The van der Waals surface area contributed by atoms with E-state index in [2.05, 4.69) is 18.7 Å². The Morgan fingerprint density at radius 1 is 1.00 bits per heavy atom. The number of carbonyl (C=O) groups is 1. The molecule has 3 rings (SSSR count). The fourth-order valence-electron chi connectivity index (χ4n) is 5.09. The second-order valence-electron chi connectivity index (χ2n) is 7.89. The summed E-state index contributed by atoms with van der Waals surface area (Å²) in [7, 11) is 0. The van der Waals surface area contributed by atoms with Gasteiger partial charge in [-0.2, -0.15) is 0 Å². The summed E-state index contributed by atoms with van der Waals surface area (Å²) in [6, 6.07) is 0.368. The lowest BCUT2D eigenvalue weighted by molar-refractivity contribution is -0.141. The lowest BCUT2D eigenvalue weighted by Gasteiger charge is -2.45. The summed E-state index contributed by atoms with van der Waals surface area (Å²) in [5, 5.41) is 0. The van der Waals surface area contributed by atoms with Crippen LogP contribution in [0.1, 0.15) is 52.4 Å². The van der Waals surface area contributed by atoms with Gasteiger partial charge in [0.15, 0.2) is 0 Å². The molecule has 122 valence electrons. The fourth-order valence-corrected chi connectivity index (χ4v) is 5.09. The number of piperidine rings is 1. The molecule has 3 fully saturated rings. The van der Waals surface area contributed by atoms with Gasteiger partial charge in [0.2, 0.25) is 5.91 Å². The molecule has 1 amide bonds. The van der Waals surface area contributed by atoms with Crippen molar-refractivity contribution in [3.8, 4) is 0 Å². The van der Waals surface area contributed by atoms with Gasteiger partial charge in [-0.15, -0.1) is 12.4 Å². The van der Waals surface area contributed by atoms with Crippen molar-refractivity contribution in [2.75, 3.05) is 13.1 Å². The highest BCUT2D eigenvalue weighted by Gasteiger charge is 2.42. The predicted molar refractivity (Wildman–Crippen MR) is 88.3 cm³/mol. The number of nitrogens with two attached hydrogens (primary N) is 1. The van der Waals surface area contributed by atoms with E-state index in [-0.39, 0.29) is 18.3 Å². The number of nitrogens with zero attached hydrogens (tertiary/aromatic N) is 1. The van der Waals surface area contributed by atoms with Crippen LogP contribution in [0.5, 0.6) is 0 Å². The molecule has 0 aromatic rings. The van der Waals surface area contributed by atoms with E-state index in [0.29, 0.717) is 35.6 Å². The highest BCUT2D eigenvalue weighted by atomic mass is 35.5. The Hall–Kier alpha value is -0.280. The van der Waals surface area contributed by atoms with Crippen LogP contribution < -0.4 is 5.73 Å². The first-order chi connectivity index (χ1) is 9.54. The monoisotopic (exact) mass is 314 g/mol. The van der Waals surface area contributed by atoms with Crippen LogP contribution in [-0.4, -0.2) is 29.9 Å². The highest BCUT2D eigenvalue weighted by molar-refractivity contribution is 5.85. The second kappa shape index (κ2) is 6.87. The normalized spacial score (nSPS) is 43.1. The molecule has 3 aliphatic rings. The third kappa shape index (κ3) is 3.56. The number of carbonyl (C=O) groups excluding carboxylic acids is 1. The number of fused-ring (bicyclic) bond motifs is 2. The fraction of sp³-hybridized carbons (Fsp3) is 0.941. The van der Waals surface area contributed by atoms with E-state index in [1.54, 1.807) is 0 Å². The molecule has 0 aromatic heterocycles. The molecule has 4 unspecified atom stereocenters. The van der Waals surface area contributed by atoms with E-state index in [1.807, 2.05) is 0 Å². The average Bonchev–Trinajstić information content (AvgIpc) is 2.36. The molecular weight excluding hydrogens is 284 g/mol. The number of halogens is 1. The lowest BCUT2D eigenvalue weighted by atomic mass is 9.65. The third-order valence-electron chi connectivity index (χ3n) is 5.94. The van der Waals surface area contributed by atoms with E-state index >= 15 is 0 Å². The maximum Gasteiger partial charge on any atom is 0.225 e. The van der Waals surface area contributed by atoms with Gasteiger partial charge in [0.25, 0.3) is 0 Å². The lowest BCUT2D eigenvalue weighted by Crippen LogP contribution is -2.51. The van der Waals surface area contributed by atoms with E-state index < -0.39 is 0 Å². The summed E-state index contributed by atoms with van der Waals surface area (Å²) in [5.41, 5.74) is 6.34. The summed E-state index contributed by atoms with van der Waals surface area (Å²) in [5.74, 6) is 3.24. The molecule has 1 saturated heterocycles. The molecule has 2 saturated carbocycles. The van der Waals surface area contributed by atoms with Gasteiger partial charge in [-0.25, -0.2) is 0 Å². The van der Waals surface area contributed by atoms with E-state index in [9.17, 15) is 4.79 Å². The Morgan fingerprint density at radius 3 is 2.05 bits per heavy atom. The minimum atomic E-state index is 0. The molecule has 0 radical (unpaired) electrons. The average molecular weight is 315 g/mol. The van der Waals surface area contributed by atoms with Crippen molar-refractivity contribution in [2.24, 2.45) is 35.3 Å². The van der Waals surface area contributed by atoms with Crippen molar-refractivity contribution in [1.29, 1.82) is 0 Å². The summed E-state index contributed by atoms with van der Waals surface area (Å²) in [6.45, 7) is 6.50. The maximum atomic E-state index is 12.9. The van der Waals surface area contributed by atoms with Crippen LogP contribution in [0.4, 0.5) is 0 Å². The molecule has 3 nitrogen and oxygen atoms in total. The van der Waals surface area contributed by atoms with Crippen LogP contribution in [0, 0.1) is 29.6 Å². The molecule has 0 aromatic carbocycles. The molecule has 2 N–H and O–H groups in total. The van der Waals surface area contributed by atoms with Crippen molar-refractivity contribution in [3.63, 3.8) is 0 Å². The smallest absolute Gasteiger partial charge is 0.225 e. The summed E-state index contributed by atoms with van der Waals surface area (Å²) in [6.07, 6.45) is 7.18. The van der Waals surface area contributed by atoms with Gasteiger partial charge in [-0.1, -0.05) is 20.3 Å². The minimum Gasteiger partial charge on any atom is -0.342 e. The highest BCUT2D eigenvalue weighted by Crippen LogP contribution is 2.42. The summed E-state index contributed by atoms with van der Waals surface area (Å²) < 4.78 is 0. The first-order valence-electron chi connectivity index (χ1n) is 8.59. The largest absolute Gasteiger partial charge is 0.342 e. The molecule has 1 aliphatic heterocycles. The van der Waals surface area contributed by atoms with Gasteiger partial charge in [0.1, 0.15) is 0 Å². The van der Waals surface area contributed by atoms with Crippen LogP contribution >= 0.6 is 12.4 Å². The quantitative estimate of drug-likeness (QED) is 0.808. The zero-order chi connectivity index (χ0) is 14.3. The van der Waals surface area contributed by atoms with Gasteiger partial charge >= 0.3 is 0 Å².